The molecule has 0 N–H and O–H groups in total. The molecule has 0 aromatic heterocycles. The summed E-state index contributed by atoms with van der Waals surface area (Å²) in [5, 5.41) is 0. The largest absolute Gasteiger partial charge is 0.382 e. The molecule has 1 atom stereocenters. The van der Waals surface area contributed by atoms with Gasteiger partial charge in [0.05, 0.1) is 45.7 Å². The molecule has 0 spiro atoms. The van der Waals surface area contributed by atoms with Crippen molar-refractivity contribution in [1.82, 2.24) is 0 Å². The van der Waals surface area contributed by atoms with E-state index in [4.69, 9.17) is 18.9 Å². The number of carbonyl (C=O) groups is 1. The molecule has 0 aromatic carbocycles. The van der Waals surface area contributed by atoms with Gasteiger partial charge in [0.15, 0.2) is 0 Å². The average Bonchev–Trinajstić information content (AvgIpc) is 2.37. The zero-order chi connectivity index (χ0) is 13.1. The van der Waals surface area contributed by atoms with E-state index in [0.29, 0.717) is 51.8 Å². The molecule has 1 rings (SSSR count). The van der Waals surface area contributed by atoms with Crippen molar-refractivity contribution in [2.24, 2.45) is 0 Å². The Morgan fingerprint density at radius 1 is 1.06 bits per heavy atom. The summed E-state index contributed by atoms with van der Waals surface area (Å²) in [4.78, 5) is 11.2. The van der Waals surface area contributed by atoms with Crippen LogP contribution in [-0.4, -0.2) is 58.6 Å². The van der Waals surface area contributed by atoms with E-state index >= 15 is 0 Å². The number of Topliss-reactive ketones (excluding diaryl/α,β-unsaturated/α-hetero) is 1. The summed E-state index contributed by atoms with van der Waals surface area (Å²) >= 11 is 0. The first-order valence-corrected chi connectivity index (χ1v) is 6.60. The number of ether oxygens (including phenoxy) is 4. The van der Waals surface area contributed by atoms with Crippen LogP contribution in [0.15, 0.2) is 0 Å². The van der Waals surface area contributed by atoms with Gasteiger partial charge in [-0.05, 0) is 12.8 Å². The second-order valence-electron chi connectivity index (χ2n) is 4.35. The lowest BCUT2D eigenvalue weighted by Crippen LogP contribution is -2.24. The number of hydrogen-bond donors (Lipinski definition) is 0. The van der Waals surface area contributed by atoms with Gasteiger partial charge in [-0.25, -0.2) is 0 Å². The second-order valence-corrected chi connectivity index (χ2v) is 4.35. The van der Waals surface area contributed by atoms with Crippen LogP contribution in [0.25, 0.3) is 0 Å². The van der Waals surface area contributed by atoms with Gasteiger partial charge >= 0.3 is 0 Å². The number of rotatable bonds is 10. The average molecular weight is 260 g/mol. The lowest BCUT2D eigenvalue weighted by molar-refractivity contribution is -0.125. The van der Waals surface area contributed by atoms with Crippen LogP contribution in [0.3, 0.4) is 0 Å². The van der Waals surface area contributed by atoms with E-state index in [1.807, 2.05) is 0 Å². The quantitative estimate of drug-likeness (QED) is 0.552. The summed E-state index contributed by atoms with van der Waals surface area (Å²) in [6.07, 6.45) is 3.34. The minimum Gasteiger partial charge on any atom is -0.382 e. The van der Waals surface area contributed by atoms with Crippen molar-refractivity contribution in [3.8, 4) is 0 Å². The monoisotopic (exact) mass is 260 g/mol. The predicted octanol–water partition coefficient (Wildman–Crippen LogP) is 1.19. The highest BCUT2D eigenvalue weighted by atomic mass is 16.6. The van der Waals surface area contributed by atoms with Crippen LogP contribution in [0.2, 0.25) is 0 Å². The third-order valence-corrected chi connectivity index (χ3v) is 2.82. The maximum Gasteiger partial charge on any atom is 0.135 e. The third kappa shape index (κ3) is 7.76. The molecule has 0 amide bonds. The smallest absolute Gasteiger partial charge is 0.135 e. The van der Waals surface area contributed by atoms with Crippen LogP contribution < -0.4 is 0 Å². The Balaban J connectivity index is 1.82. The van der Waals surface area contributed by atoms with Gasteiger partial charge in [0, 0.05) is 20.0 Å². The molecular formula is C13H24O5. The molecule has 0 bridgehead atoms. The number of ketones is 1. The van der Waals surface area contributed by atoms with Gasteiger partial charge in [0.1, 0.15) is 5.78 Å². The molecule has 1 fully saturated rings. The first-order valence-electron chi connectivity index (χ1n) is 6.60. The molecule has 0 aliphatic heterocycles. The predicted molar refractivity (Wildman–Crippen MR) is 66.7 cm³/mol. The van der Waals surface area contributed by atoms with Crippen molar-refractivity contribution in [2.75, 3.05) is 46.8 Å². The maximum absolute atomic E-state index is 11.2. The summed E-state index contributed by atoms with van der Waals surface area (Å²) < 4.78 is 21.0. The Bertz CT molecular complexity index is 219. The minimum atomic E-state index is 0.104. The highest BCUT2D eigenvalue weighted by Gasteiger charge is 2.19. The van der Waals surface area contributed by atoms with Crippen molar-refractivity contribution in [2.45, 2.75) is 31.8 Å². The Hall–Kier alpha value is -0.490. The van der Waals surface area contributed by atoms with E-state index in [0.717, 1.165) is 19.3 Å². The standard InChI is InChI=1S/C13H24O5/c1-15-5-6-16-7-8-17-9-10-18-13-4-2-3-12(14)11-13/h13H,2-11H2,1H3. The molecule has 18 heavy (non-hydrogen) atoms. The molecule has 5 nitrogen and oxygen atoms in total. The number of methoxy groups -OCH3 is 1. The van der Waals surface area contributed by atoms with Gasteiger partial charge in [-0.2, -0.15) is 0 Å². The Morgan fingerprint density at radius 2 is 1.72 bits per heavy atom. The molecule has 0 aromatic rings. The van der Waals surface area contributed by atoms with Crippen molar-refractivity contribution in [1.29, 1.82) is 0 Å². The fourth-order valence-corrected chi connectivity index (χ4v) is 1.87. The highest BCUT2D eigenvalue weighted by molar-refractivity contribution is 5.79. The molecule has 0 saturated heterocycles. The highest BCUT2D eigenvalue weighted by Crippen LogP contribution is 2.17. The van der Waals surface area contributed by atoms with E-state index in [-0.39, 0.29) is 6.10 Å². The van der Waals surface area contributed by atoms with Crippen molar-refractivity contribution in [3.63, 3.8) is 0 Å². The normalized spacial score (nSPS) is 20.3. The summed E-state index contributed by atoms with van der Waals surface area (Å²) in [5.41, 5.74) is 0. The van der Waals surface area contributed by atoms with E-state index in [2.05, 4.69) is 0 Å². The first kappa shape index (κ1) is 15.6. The van der Waals surface area contributed by atoms with E-state index in [9.17, 15) is 4.79 Å². The molecule has 106 valence electrons. The van der Waals surface area contributed by atoms with E-state index < -0.39 is 0 Å². The maximum atomic E-state index is 11.2. The fraction of sp³-hybridized carbons (Fsp3) is 0.923. The second kappa shape index (κ2) is 10.4. The third-order valence-electron chi connectivity index (χ3n) is 2.82. The minimum absolute atomic E-state index is 0.104. The summed E-state index contributed by atoms with van der Waals surface area (Å²) in [6, 6.07) is 0. The SMILES string of the molecule is COCCOCCOCCOC1CCCC(=O)C1. The van der Waals surface area contributed by atoms with E-state index in [1.54, 1.807) is 7.11 Å². The molecule has 5 heteroatoms. The van der Waals surface area contributed by atoms with Gasteiger partial charge in [-0.15, -0.1) is 0 Å². The van der Waals surface area contributed by atoms with Crippen molar-refractivity contribution < 1.29 is 23.7 Å². The van der Waals surface area contributed by atoms with Gasteiger partial charge in [0.2, 0.25) is 0 Å². The van der Waals surface area contributed by atoms with Crippen LogP contribution in [0.5, 0.6) is 0 Å². The van der Waals surface area contributed by atoms with Crippen LogP contribution >= 0.6 is 0 Å². The molecule has 0 heterocycles. The van der Waals surface area contributed by atoms with Crippen LogP contribution in [0.1, 0.15) is 25.7 Å². The molecule has 1 saturated carbocycles. The van der Waals surface area contributed by atoms with Crippen LogP contribution in [0, 0.1) is 0 Å². The molecule has 1 unspecified atom stereocenters. The Morgan fingerprint density at radius 3 is 2.39 bits per heavy atom. The Labute approximate surface area is 109 Å². The topological polar surface area (TPSA) is 54.0 Å². The lowest BCUT2D eigenvalue weighted by Gasteiger charge is -2.21. The van der Waals surface area contributed by atoms with Gasteiger partial charge in [-0.3, -0.25) is 4.79 Å². The summed E-state index contributed by atoms with van der Waals surface area (Å²) in [6.45, 7) is 3.45. The van der Waals surface area contributed by atoms with Crippen LogP contribution in [0.4, 0.5) is 0 Å². The summed E-state index contributed by atoms with van der Waals surface area (Å²) in [7, 11) is 1.65. The molecule has 1 aliphatic carbocycles. The van der Waals surface area contributed by atoms with E-state index in [1.165, 1.54) is 0 Å². The lowest BCUT2D eigenvalue weighted by atomic mass is 9.96. The Kier molecular flexibility index (Phi) is 9.02. The molecule has 0 radical (unpaired) electrons. The summed E-state index contributed by atoms with van der Waals surface area (Å²) in [5.74, 6) is 0.318. The number of hydrogen-bond acceptors (Lipinski definition) is 5. The van der Waals surface area contributed by atoms with Crippen molar-refractivity contribution in [3.05, 3.63) is 0 Å². The zero-order valence-corrected chi connectivity index (χ0v) is 11.2. The van der Waals surface area contributed by atoms with Crippen molar-refractivity contribution >= 4 is 5.78 Å². The van der Waals surface area contributed by atoms with Gasteiger partial charge < -0.3 is 18.9 Å². The van der Waals surface area contributed by atoms with Gasteiger partial charge in [0.25, 0.3) is 0 Å². The zero-order valence-electron chi connectivity index (χ0n) is 11.2. The van der Waals surface area contributed by atoms with Gasteiger partial charge in [-0.1, -0.05) is 0 Å². The molecule has 1 aliphatic rings. The molecular weight excluding hydrogens is 236 g/mol. The fourth-order valence-electron chi connectivity index (χ4n) is 1.87. The first-order chi connectivity index (χ1) is 8.83. The number of carbonyl (C=O) groups excluding carboxylic acids is 1. The van der Waals surface area contributed by atoms with Crippen LogP contribution in [-0.2, 0) is 23.7 Å².